The Labute approximate surface area is 143 Å². The van der Waals surface area contributed by atoms with Gasteiger partial charge in [-0.05, 0) is 37.9 Å². The molecule has 1 aromatic heterocycles. The lowest BCUT2D eigenvalue weighted by Crippen LogP contribution is -2.50. The van der Waals surface area contributed by atoms with Crippen molar-refractivity contribution >= 4 is 5.91 Å². The molecule has 0 aliphatic carbocycles. The Balaban J connectivity index is 1.78. The number of hydrogen-bond donors (Lipinski definition) is 0. The van der Waals surface area contributed by atoms with Crippen molar-refractivity contribution in [3.05, 3.63) is 52.4 Å². The summed E-state index contributed by atoms with van der Waals surface area (Å²) in [7, 11) is 1.86. The Hall–Kier alpha value is -2.14. The number of carbonyl (C=O) groups is 1. The zero-order valence-corrected chi connectivity index (χ0v) is 14.9. The maximum absolute atomic E-state index is 13.1. The molecule has 1 unspecified atom stereocenters. The first-order chi connectivity index (χ1) is 11.5. The number of rotatable bonds is 4. The molecule has 0 saturated carbocycles. The van der Waals surface area contributed by atoms with E-state index < -0.39 is 0 Å². The van der Waals surface area contributed by atoms with Gasteiger partial charge >= 0.3 is 0 Å². The second-order valence-electron chi connectivity index (χ2n) is 6.55. The predicted molar refractivity (Wildman–Crippen MR) is 92.5 cm³/mol. The van der Waals surface area contributed by atoms with Gasteiger partial charge in [0.05, 0.1) is 18.3 Å². The molecule has 2 aromatic rings. The molecule has 5 nitrogen and oxygen atoms in total. The van der Waals surface area contributed by atoms with Crippen molar-refractivity contribution in [3.63, 3.8) is 0 Å². The fourth-order valence-corrected chi connectivity index (χ4v) is 3.45. The van der Waals surface area contributed by atoms with Gasteiger partial charge in [0, 0.05) is 19.2 Å². The fraction of sp³-hybridized carbons (Fsp3) is 0.474. The van der Waals surface area contributed by atoms with E-state index in [1.165, 1.54) is 11.1 Å². The first-order valence-corrected chi connectivity index (χ1v) is 8.48. The average Bonchev–Trinajstić information content (AvgIpc) is 2.91. The zero-order chi connectivity index (χ0) is 17.3. The fourth-order valence-electron chi connectivity index (χ4n) is 3.45. The van der Waals surface area contributed by atoms with Crippen molar-refractivity contribution in [2.45, 2.75) is 46.3 Å². The van der Waals surface area contributed by atoms with Gasteiger partial charge in [0.25, 0.3) is 0 Å². The largest absolute Gasteiger partial charge is 0.361 e. The predicted octanol–water partition coefficient (Wildman–Crippen LogP) is 2.70. The van der Waals surface area contributed by atoms with Gasteiger partial charge in [-0.2, -0.15) is 0 Å². The monoisotopic (exact) mass is 327 g/mol. The maximum Gasteiger partial charge on any atom is 0.240 e. The van der Waals surface area contributed by atoms with Crippen LogP contribution in [0.25, 0.3) is 0 Å². The Morgan fingerprint density at radius 3 is 2.67 bits per heavy atom. The second kappa shape index (κ2) is 6.77. The molecule has 1 aliphatic heterocycles. The van der Waals surface area contributed by atoms with Gasteiger partial charge in [-0.25, -0.2) is 0 Å². The van der Waals surface area contributed by atoms with E-state index in [9.17, 15) is 4.79 Å². The van der Waals surface area contributed by atoms with E-state index in [2.05, 4.69) is 41.2 Å². The van der Waals surface area contributed by atoms with Crippen molar-refractivity contribution in [3.8, 4) is 0 Å². The Bertz CT molecular complexity index is 718. The van der Waals surface area contributed by atoms with E-state index in [1.807, 2.05) is 20.9 Å². The number of nitrogens with zero attached hydrogens (tertiary/aromatic N) is 3. The van der Waals surface area contributed by atoms with Crippen LogP contribution in [-0.4, -0.2) is 40.5 Å². The Morgan fingerprint density at radius 2 is 2.04 bits per heavy atom. The number of amides is 1. The highest BCUT2D eigenvalue weighted by Crippen LogP contribution is 2.25. The first-order valence-electron chi connectivity index (χ1n) is 8.48. The van der Waals surface area contributed by atoms with Crippen LogP contribution >= 0.6 is 0 Å². The molecule has 1 atom stereocenters. The standard InChI is InChI=1S/C19H25N3O2/c1-5-22-11-16-9-7-6-8-15(16)10-18(22)19(23)21(4)12-17-13(2)20-24-14(17)3/h6-9,18H,5,10-12H2,1-4H3. The van der Waals surface area contributed by atoms with Gasteiger partial charge in [-0.1, -0.05) is 36.3 Å². The topological polar surface area (TPSA) is 49.6 Å². The van der Waals surface area contributed by atoms with Crippen LogP contribution in [0.4, 0.5) is 0 Å². The van der Waals surface area contributed by atoms with Crippen LogP contribution in [-0.2, 0) is 24.3 Å². The molecule has 0 fully saturated rings. The highest BCUT2D eigenvalue weighted by Gasteiger charge is 2.32. The van der Waals surface area contributed by atoms with E-state index in [1.54, 1.807) is 4.90 Å². The number of aryl methyl sites for hydroxylation is 2. The zero-order valence-electron chi connectivity index (χ0n) is 14.9. The van der Waals surface area contributed by atoms with E-state index in [-0.39, 0.29) is 11.9 Å². The van der Waals surface area contributed by atoms with Crippen LogP contribution in [0.5, 0.6) is 0 Å². The summed E-state index contributed by atoms with van der Waals surface area (Å²) in [4.78, 5) is 17.1. The lowest BCUT2D eigenvalue weighted by atomic mass is 9.93. The molecule has 0 spiro atoms. The van der Waals surface area contributed by atoms with Crippen molar-refractivity contribution in [1.82, 2.24) is 15.0 Å². The summed E-state index contributed by atoms with van der Waals surface area (Å²) in [6.45, 7) is 8.16. The molecule has 128 valence electrons. The summed E-state index contributed by atoms with van der Waals surface area (Å²) in [6.07, 6.45) is 0.773. The van der Waals surface area contributed by atoms with E-state index >= 15 is 0 Å². The minimum absolute atomic E-state index is 0.102. The molecule has 2 heterocycles. The van der Waals surface area contributed by atoms with Crippen molar-refractivity contribution in [1.29, 1.82) is 0 Å². The quantitative estimate of drug-likeness (QED) is 0.866. The molecular formula is C19H25N3O2. The SMILES string of the molecule is CCN1Cc2ccccc2CC1C(=O)N(C)Cc1c(C)noc1C. The van der Waals surface area contributed by atoms with Gasteiger partial charge < -0.3 is 9.42 Å². The van der Waals surface area contributed by atoms with Gasteiger partial charge in [0.15, 0.2) is 0 Å². The molecule has 1 aliphatic rings. The highest BCUT2D eigenvalue weighted by atomic mass is 16.5. The number of hydrogen-bond acceptors (Lipinski definition) is 4. The summed E-state index contributed by atoms with van der Waals surface area (Å²) >= 11 is 0. The molecule has 5 heteroatoms. The van der Waals surface area contributed by atoms with Crippen molar-refractivity contribution in [2.75, 3.05) is 13.6 Å². The summed E-state index contributed by atoms with van der Waals surface area (Å²) in [6, 6.07) is 8.31. The van der Waals surface area contributed by atoms with Gasteiger partial charge in [-0.15, -0.1) is 0 Å². The van der Waals surface area contributed by atoms with Crippen LogP contribution in [0, 0.1) is 13.8 Å². The molecule has 0 saturated heterocycles. The normalized spacial score (nSPS) is 17.6. The summed E-state index contributed by atoms with van der Waals surface area (Å²) < 4.78 is 5.21. The number of carbonyl (C=O) groups excluding carboxylic acids is 1. The van der Waals surface area contributed by atoms with E-state index in [0.29, 0.717) is 6.54 Å². The van der Waals surface area contributed by atoms with Crippen molar-refractivity contribution in [2.24, 2.45) is 0 Å². The number of aromatic nitrogens is 1. The molecule has 0 bridgehead atoms. The molecule has 0 radical (unpaired) electrons. The lowest BCUT2D eigenvalue weighted by molar-refractivity contribution is -0.136. The molecule has 3 rings (SSSR count). The molecule has 1 aromatic carbocycles. The number of fused-ring (bicyclic) bond motifs is 1. The third-order valence-electron chi connectivity index (χ3n) is 4.99. The van der Waals surface area contributed by atoms with Crippen LogP contribution in [0.2, 0.25) is 0 Å². The average molecular weight is 327 g/mol. The van der Waals surface area contributed by atoms with Crippen molar-refractivity contribution < 1.29 is 9.32 Å². The second-order valence-corrected chi connectivity index (χ2v) is 6.55. The molecule has 1 amide bonds. The Morgan fingerprint density at radius 1 is 1.33 bits per heavy atom. The van der Waals surface area contributed by atoms with E-state index in [0.717, 1.165) is 36.5 Å². The van der Waals surface area contributed by atoms with Gasteiger partial charge in [-0.3, -0.25) is 9.69 Å². The third-order valence-corrected chi connectivity index (χ3v) is 4.99. The summed E-state index contributed by atoms with van der Waals surface area (Å²) in [5.41, 5.74) is 4.47. The summed E-state index contributed by atoms with van der Waals surface area (Å²) in [5.74, 6) is 0.944. The third kappa shape index (κ3) is 3.08. The summed E-state index contributed by atoms with van der Waals surface area (Å²) in [5, 5.41) is 3.98. The number of benzene rings is 1. The lowest BCUT2D eigenvalue weighted by Gasteiger charge is -2.37. The van der Waals surface area contributed by atoms with Crippen LogP contribution in [0.3, 0.4) is 0 Å². The van der Waals surface area contributed by atoms with Gasteiger partial charge in [0.2, 0.25) is 5.91 Å². The minimum Gasteiger partial charge on any atom is -0.361 e. The van der Waals surface area contributed by atoms with Crippen LogP contribution < -0.4 is 0 Å². The van der Waals surface area contributed by atoms with Crippen LogP contribution in [0.15, 0.2) is 28.8 Å². The molecule has 0 N–H and O–H groups in total. The Kier molecular flexibility index (Phi) is 4.71. The maximum atomic E-state index is 13.1. The smallest absolute Gasteiger partial charge is 0.240 e. The highest BCUT2D eigenvalue weighted by molar-refractivity contribution is 5.82. The van der Waals surface area contributed by atoms with Gasteiger partial charge in [0.1, 0.15) is 5.76 Å². The van der Waals surface area contributed by atoms with Crippen LogP contribution in [0.1, 0.15) is 35.1 Å². The van der Waals surface area contributed by atoms with E-state index in [4.69, 9.17) is 4.52 Å². The first kappa shape index (κ1) is 16.7. The molecular weight excluding hydrogens is 302 g/mol. The minimum atomic E-state index is -0.102. The molecule has 24 heavy (non-hydrogen) atoms. The number of likely N-dealkylation sites (N-methyl/N-ethyl adjacent to an activating group) is 2.